The lowest BCUT2D eigenvalue weighted by Gasteiger charge is -2.40. The van der Waals surface area contributed by atoms with Crippen molar-refractivity contribution in [2.45, 2.75) is 56.7 Å². The third kappa shape index (κ3) is 2.75. The Kier molecular flexibility index (Phi) is 3.88. The lowest BCUT2D eigenvalue weighted by molar-refractivity contribution is 0.0979. The molecule has 1 saturated carbocycles. The summed E-state index contributed by atoms with van der Waals surface area (Å²) in [4.78, 5) is 14.4. The van der Waals surface area contributed by atoms with Crippen molar-refractivity contribution in [3.8, 4) is 6.07 Å². The first-order valence-electron chi connectivity index (χ1n) is 11.1. The number of nitrogens with two attached hydrogens (primary N) is 1. The van der Waals surface area contributed by atoms with E-state index in [0.29, 0.717) is 35.0 Å². The summed E-state index contributed by atoms with van der Waals surface area (Å²) in [5.41, 5.74) is 10.1. The van der Waals surface area contributed by atoms with E-state index in [1.54, 1.807) is 12.4 Å². The fourth-order valence-corrected chi connectivity index (χ4v) is 6.45. The molecule has 3 atom stereocenters. The highest BCUT2D eigenvalue weighted by Crippen LogP contribution is 2.58. The Morgan fingerprint density at radius 1 is 1.10 bits per heavy atom. The summed E-state index contributed by atoms with van der Waals surface area (Å²) in [6.07, 6.45) is 11.1. The molecule has 2 aromatic rings. The predicted octanol–water partition coefficient (Wildman–Crippen LogP) is 2.67. The average molecular weight is 389 g/mol. The van der Waals surface area contributed by atoms with Crippen LogP contribution in [-0.4, -0.2) is 52.6 Å². The van der Waals surface area contributed by atoms with Gasteiger partial charge in [0.25, 0.3) is 0 Å². The number of benzene rings is 1. The molecule has 3 aliphatic heterocycles. The van der Waals surface area contributed by atoms with Gasteiger partial charge in [-0.15, -0.1) is 0 Å². The summed E-state index contributed by atoms with van der Waals surface area (Å²) < 4.78 is 0. The van der Waals surface area contributed by atoms with Crippen molar-refractivity contribution in [1.29, 1.82) is 5.26 Å². The minimum absolute atomic E-state index is 0.405. The van der Waals surface area contributed by atoms with E-state index in [-0.39, 0.29) is 0 Å². The molecule has 4 fully saturated rings. The van der Waals surface area contributed by atoms with Gasteiger partial charge in [-0.3, -0.25) is 14.9 Å². The second-order valence-corrected chi connectivity index (χ2v) is 9.75. The molecule has 2 N–H and O–H groups in total. The zero-order valence-electron chi connectivity index (χ0n) is 16.8. The van der Waals surface area contributed by atoms with Gasteiger partial charge in [-0.25, -0.2) is 0 Å². The molecule has 1 aliphatic carbocycles. The van der Waals surface area contributed by atoms with Crippen molar-refractivity contribution in [2.75, 3.05) is 24.5 Å². The summed E-state index contributed by atoms with van der Waals surface area (Å²) in [6, 6.07) is 8.06. The van der Waals surface area contributed by atoms with Crippen LogP contribution in [0, 0.1) is 22.7 Å². The highest BCUT2D eigenvalue weighted by atomic mass is 15.3. The van der Waals surface area contributed by atoms with Gasteiger partial charge in [-0.1, -0.05) is 0 Å². The van der Waals surface area contributed by atoms with Gasteiger partial charge < -0.3 is 10.6 Å². The monoisotopic (exact) mass is 388 g/mol. The molecule has 29 heavy (non-hydrogen) atoms. The number of hydrogen-bond acceptors (Lipinski definition) is 6. The number of piperidine rings is 1. The van der Waals surface area contributed by atoms with Crippen LogP contribution in [0.4, 0.5) is 5.69 Å². The van der Waals surface area contributed by atoms with Gasteiger partial charge in [0.2, 0.25) is 0 Å². The maximum absolute atomic E-state index is 9.44. The maximum atomic E-state index is 9.44. The summed E-state index contributed by atoms with van der Waals surface area (Å²) >= 11 is 0. The lowest BCUT2D eigenvalue weighted by atomic mass is 9.90. The number of nitriles is 1. The molecule has 3 unspecified atom stereocenters. The molecule has 3 saturated heterocycles. The number of fused-ring (bicyclic) bond motifs is 3. The topological polar surface area (TPSA) is 82.1 Å². The van der Waals surface area contributed by atoms with Crippen LogP contribution in [0.2, 0.25) is 0 Å². The first kappa shape index (κ1) is 17.6. The van der Waals surface area contributed by atoms with Gasteiger partial charge in [-0.2, -0.15) is 5.26 Å². The molecule has 4 heterocycles. The molecule has 0 radical (unpaired) electrons. The minimum atomic E-state index is 0.405. The molecule has 2 bridgehead atoms. The summed E-state index contributed by atoms with van der Waals surface area (Å²) in [6.45, 7) is 3.41. The quantitative estimate of drug-likeness (QED) is 0.871. The van der Waals surface area contributed by atoms with Crippen molar-refractivity contribution < 1.29 is 0 Å². The Balaban J connectivity index is 1.28. The minimum Gasteiger partial charge on any atom is -0.369 e. The zero-order valence-corrected chi connectivity index (χ0v) is 16.8. The third-order valence-electron chi connectivity index (χ3n) is 8.12. The highest BCUT2D eigenvalue weighted by molar-refractivity contribution is 5.92. The van der Waals surface area contributed by atoms with E-state index in [9.17, 15) is 5.26 Å². The van der Waals surface area contributed by atoms with Gasteiger partial charge in [0.05, 0.1) is 11.3 Å². The van der Waals surface area contributed by atoms with Crippen LogP contribution < -0.4 is 10.6 Å². The smallest absolute Gasteiger partial charge is 0.113 e. The molecule has 150 valence electrons. The second-order valence-electron chi connectivity index (χ2n) is 9.75. The van der Waals surface area contributed by atoms with Crippen LogP contribution in [0.3, 0.4) is 0 Å². The highest BCUT2D eigenvalue weighted by Gasteiger charge is 2.56. The lowest BCUT2D eigenvalue weighted by Crippen LogP contribution is -2.49. The van der Waals surface area contributed by atoms with Crippen molar-refractivity contribution in [3.05, 3.63) is 30.1 Å². The molecule has 1 aromatic heterocycles. The van der Waals surface area contributed by atoms with E-state index in [2.05, 4.69) is 31.9 Å². The summed E-state index contributed by atoms with van der Waals surface area (Å²) in [5.74, 6) is 0.710. The van der Waals surface area contributed by atoms with E-state index in [0.717, 1.165) is 29.8 Å². The fraction of sp³-hybridized carbons (Fsp3) is 0.609. The van der Waals surface area contributed by atoms with E-state index in [4.69, 9.17) is 5.73 Å². The van der Waals surface area contributed by atoms with Gasteiger partial charge in [-0.05, 0) is 62.0 Å². The molecule has 0 amide bonds. The van der Waals surface area contributed by atoms with Crippen molar-refractivity contribution >= 4 is 16.7 Å². The standard InChI is InChI=1S/C23H28N6/c24-11-15-1-4-20(22-21(15)26-7-8-27-22)28-12-16(23(14-28)5-6-23)13-29-18-2-3-19(29)10-17(25)9-18/h1,4,7-8,16-19H,2-3,5-6,9-10,12-14,25H2. The van der Waals surface area contributed by atoms with Crippen LogP contribution >= 0.6 is 0 Å². The van der Waals surface area contributed by atoms with Crippen molar-refractivity contribution in [2.24, 2.45) is 17.1 Å². The normalized spacial score (nSPS) is 32.8. The summed E-state index contributed by atoms with van der Waals surface area (Å²) in [7, 11) is 0. The molecule has 1 spiro atoms. The molecular weight excluding hydrogens is 360 g/mol. The van der Waals surface area contributed by atoms with E-state index >= 15 is 0 Å². The van der Waals surface area contributed by atoms with Crippen molar-refractivity contribution in [1.82, 2.24) is 14.9 Å². The molecular formula is C23H28N6. The molecule has 6 heteroatoms. The van der Waals surface area contributed by atoms with E-state index in [1.807, 2.05) is 6.07 Å². The van der Waals surface area contributed by atoms with Gasteiger partial charge in [0, 0.05) is 50.2 Å². The Labute approximate surface area is 171 Å². The maximum Gasteiger partial charge on any atom is 0.113 e. The summed E-state index contributed by atoms with van der Waals surface area (Å²) in [5, 5.41) is 9.44. The largest absolute Gasteiger partial charge is 0.369 e. The number of nitrogens with zero attached hydrogens (tertiary/aromatic N) is 5. The van der Waals surface area contributed by atoms with E-state index < -0.39 is 0 Å². The van der Waals surface area contributed by atoms with Gasteiger partial charge in [0.1, 0.15) is 17.1 Å². The Hall–Kier alpha value is -2.23. The first-order valence-corrected chi connectivity index (χ1v) is 11.1. The number of anilines is 1. The Bertz CT molecular complexity index is 979. The Morgan fingerprint density at radius 3 is 2.52 bits per heavy atom. The number of hydrogen-bond donors (Lipinski definition) is 1. The molecule has 6 nitrogen and oxygen atoms in total. The van der Waals surface area contributed by atoms with Crippen LogP contribution in [0.1, 0.15) is 44.1 Å². The van der Waals surface area contributed by atoms with Crippen molar-refractivity contribution in [3.63, 3.8) is 0 Å². The average Bonchev–Trinajstić information content (AvgIpc) is 3.37. The first-order chi connectivity index (χ1) is 14.2. The zero-order chi connectivity index (χ0) is 19.6. The van der Waals surface area contributed by atoms with Crippen LogP contribution in [0.15, 0.2) is 24.5 Å². The predicted molar refractivity (Wildman–Crippen MR) is 112 cm³/mol. The fourth-order valence-electron chi connectivity index (χ4n) is 6.45. The Morgan fingerprint density at radius 2 is 1.83 bits per heavy atom. The number of rotatable bonds is 3. The van der Waals surface area contributed by atoms with Crippen LogP contribution in [0.5, 0.6) is 0 Å². The second kappa shape index (κ2) is 6.38. The SMILES string of the molecule is N#Cc1ccc(N2CC(CN3C4CCC3CC(N)C4)C3(CC3)C2)c2nccnc12. The molecule has 1 aromatic carbocycles. The van der Waals surface area contributed by atoms with Crippen LogP contribution in [0.25, 0.3) is 11.0 Å². The molecule has 6 rings (SSSR count). The van der Waals surface area contributed by atoms with Gasteiger partial charge in [0.15, 0.2) is 0 Å². The van der Waals surface area contributed by atoms with E-state index in [1.165, 1.54) is 45.1 Å². The molecule has 4 aliphatic rings. The van der Waals surface area contributed by atoms with Gasteiger partial charge >= 0.3 is 0 Å². The number of aromatic nitrogens is 2. The third-order valence-corrected chi connectivity index (χ3v) is 8.12. The van der Waals surface area contributed by atoms with Crippen LogP contribution in [-0.2, 0) is 0 Å².